The van der Waals surface area contributed by atoms with Gasteiger partial charge in [-0.05, 0) is 30.8 Å². The number of fused-ring (bicyclic) bond motifs is 1. The summed E-state index contributed by atoms with van der Waals surface area (Å²) < 4.78 is 32.7. The van der Waals surface area contributed by atoms with E-state index in [0.717, 1.165) is 19.7 Å². The zero-order valence-electron chi connectivity index (χ0n) is 10.6. The summed E-state index contributed by atoms with van der Waals surface area (Å²) in [4.78, 5) is 2.41. The van der Waals surface area contributed by atoms with E-state index in [1.54, 1.807) is 17.5 Å². The number of sulfonamides is 1. The third kappa shape index (κ3) is 3.00. The highest BCUT2D eigenvalue weighted by Crippen LogP contribution is 2.22. The van der Waals surface area contributed by atoms with Crippen molar-refractivity contribution in [3.8, 4) is 0 Å². The van der Waals surface area contributed by atoms with Crippen molar-refractivity contribution in [1.82, 2.24) is 9.62 Å². The molecule has 0 unspecified atom stereocenters. The van der Waals surface area contributed by atoms with Gasteiger partial charge in [0.05, 0.1) is 12.7 Å². The third-order valence-electron chi connectivity index (χ3n) is 3.72. The van der Waals surface area contributed by atoms with Gasteiger partial charge in [0.15, 0.2) is 0 Å². The van der Waals surface area contributed by atoms with Gasteiger partial charge in [-0.2, -0.15) is 0 Å². The SMILES string of the molecule is O=S(=O)(NC[C@@H]1CN2CCC[C@H]2CO1)c1cccs1. The summed E-state index contributed by atoms with van der Waals surface area (Å²) in [6, 6.07) is 3.90. The largest absolute Gasteiger partial charge is 0.374 e. The van der Waals surface area contributed by atoms with Crippen molar-refractivity contribution in [1.29, 1.82) is 0 Å². The minimum atomic E-state index is -3.37. The van der Waals surface area contributed by atoms with Crippen molar-refractivity contribution in [2.45, 2.75) is 29.2 Å². The Balaban J connectivity index is 1.55. The number of nitrogens with one attached hydrogen (secondary N) is 1. The predicted molar refractivity (Wildman–Crippen MR) is 73.8 cm³/mol. The van der Waals surface area contributed by atoms with Crippen LogP contribution in [-0.4, -0.2) is 51.7 Å². The van der Waals surface area contributed by atoms with Crippen molar-refractivity contribution in [2.75, 3.05) is 26.2 Å². The first-order valence-corrected chi connectivity index (χ1v) is 8.90. The van der Waals surface area contributed by atoms with Gasteiger partial charge < -0.3 is 4.74 Å². The molecule has 2 atom stereocenters. The summed E-state index contributed by atoms with van der Waals surface area (Å²) in [6.45, 7) is 3.02. The van der Waals surface area contributed by atoms with Gasteiger partial charge in [-0.3, -0.25) is 4.90 Å². The van der Waals surface area contributed by atoms with Crippen LogP contribution in [0.3, 0.4) is 0 Å². The third-order valence-corrected chi connectivity index (χ3v) is 6.54. The minimum Gasteiger partial charge on any atom is -0.374 e. The monoisotopic (exact) mass is 302 g/mol. The lowest BCUT2D eigenvalue weighted by atomic mass is 10.2. The maximum Gasteiger partial charge on any atom is 0.250 e. The van der Waals surface area contributed by atoms with Crippen molar-refractivity contribution >= 4 is 21.4 Å². The van der Waals surface area contributed by atoms with Crippen LogP contribution in [0.25, 0.3) is 0 Å². The number of morpholine rings is 1. The fourth-order valence-electron chi connectivity index (χ4n) is 2.70. The van der Waals surface area contributed by atoms with E-state index in [-0.39, 0.29) is 6.10 Å². The molecule has 3 heterocycles. The van der Waals surface area contributed by atoms with E-state index in [4.69, 9.17) is 4.74 Å². The number of nitrogens with zero attached hydrogens (tertiary/aromatic N) is 1. The Morgan fingerprint density at radius 1 is 1.53 bits per heavy atom. The lowest BCUT2D eigenvalue weighted by Crippen LogP contribution is -2.49. The molecule has 7 heteroatoms. The lowest BCUT2D eigenvalue weighted by molar-refractivity contribution is -0.0448. The molecule has 2 fully saturated rings. The molecule has 2 saturated heterocycles. The average molecular weight is 302 g/mol. The second kappa shape index (κ2) is 5.49. The molecule has 5 nitrogen and oxygen atoms in total. The summed E-state index contributed by atoms with van der Waals surface area (Å²) in [6.07, 6.45) is 2.39. The summed E-state index contributed by atoms with van der Waals surface area (Å²) in [5.74, 6) is 0. The van der Waals surface area contributed by atoms with Crippen molar-refractivity contribution in [3.05, 3.63) is 17.5 Å². The highest BCUT2D eigenvalue weighted by molar-refractivity contribution is 7.91. The summed E-state index contributed by atoms with van der Waals surface area (Å²) in [5.41, 5.74) is 0. The number of thiophene rings is 1. The van der Waals surface area contributed by atoms with Crippen LogP contribution in [0.1, 0.15) is 12.8 Å². The fraction of sp³-hybridized carbons (Fsp3) is 0.667. The molecule has 2 aliphatic rings. The van der Waals surface area contributed by atoms with Crippen LogP contribution in [0, 0.1) is 0 Å². The molecule has 2 aliphatic heterocycles. The molecule has 0 aliphatic carbocycles. The van der Waals surface area contributed by atoms with E-state index in [0.29, 0.717) is 16.8 Å². The van der Waals surface area contributed by atoms with Gasteiger partial charge >= 0.3 is 0 Å². The summed E-state index contributed by atoms with van der Waals surface area (Å²) in [5, 5.41) is 1.76. The van der Waals surface area contributed by atoms with E-state index in [2.05, 4.69) is 9.62 Å². The summed E-state index contributed by atoms with van der Waals surface area (Å²) >= 11 is 1.23. The van der Waals surface area contributed by atoms with Crippen LogP contribution in [0.4, 0.5) is 0 Å². The van der Waals surface area contributed by atoms with Crippen LogP contribution in [0.15, 0.2) is 21.7 Å². The molecule has 0 radical (unpaired) electrons. The highest BCUT2D eigenvalue weighted by Gasteiger charge is 2.32. The van der Waals surface area contributed by atoms with Gasteiger partial charge in [-0.1, -0.05) is 6.07 Å². The summed E-state index contributed by atoms with van der Waals surface area (Å²) in [7, 11) is -3.37. The fourth-order valence-corrected chi connectivity index (χ4v) is 4.80. The Hall–Kier alpha value is -0.470. The van der Waals surface area contributed by atoms with Gasteiger partial charge in [0, 0.05) is 19.1 Å². The number of ether oxygens (including phenoxy) is 1. The standard InChI is InChI=1S/C12H18N2O3S2/c15-19(16,12-4-2-6-18-12)13-7-11-8-14-5-1-3-10(14)9-17-11/h2,4,6,10-11,13H,1,3,5,7-9H2/t10-,11+/m0/s1. The molecule has 0 aromatic carbocycles. The quantitative estimate of drug-likeness (QED) is 0.897. The number of hydrogen-bond acceptors (Lipinski definition) is 5. The first kappa shape index (κ1) is 13.5. The Kier molecular flexibility index (Phi) is 3.91. The molecule has 0 saturated carbocycles. The molecule has 1 aromatic heterocycles. The smallest absolute Gasteiger partial charge is 0.250 e. The Bertz CT molecular complexity index is 515. The van der Waals surface area contributed by atoms with E-state index < -0.39 is 10.0 Å². The van der Waals surface area contributed by atoms with Gasteiger partial charge in [-0.25, -0.2) is 13.1 Å². The Morgan fingerprint density at radius 3 is 3.21 bits per heavy atom. The van der Waals surface area contributed by atoms with Gasteiger partial charge in [0.25, 0.3) is 0 Å². The zero-order chi connectivity index (χ0) is 13.3. The van der Waals surface area contributed by atoms with Gasteiger partial charge in [-0.15, -0.1) is 11.3 Å². The maximum absolute atomic E-state index is 12.0. The van der Waals surface area contributed by atoms with Crippen LogP contribution in [-0.2, 0) is 14.8 Å². The molecule has 19 heavy (non-hydrogen) atoms. The molecule has 1 aromatic rings. The van der Waals surface area contributed by atoms with E-state index in [1.807, 2.05) is 0 Å². The molecule has 0 amide bonds. The Labute approximate surface area is 117 Å². The normalized spacial score (nSPS) is 28.4. The minimum absolute atomic E-state index is 0.0379. The van der Waals surface area contributed by atoms with Crippen molar-refractivity contribution < 1.29 is 13.2 Å². The van der Waals surface area contributed by atoms with Gasteiger partial charge in [0.2, 0.25) is 10.0 Å². The zero-order valence-corrected chi connectivity index (χ0v) is 12.3. The molecule has 0 spiro atoms. The first-order chi connectivity index (χ1) is 9.15. The van der Waals surface area contributed by atoms with Crippen molar-refractivity contribution in [3.63, 3.8) is 0 Å². The molecule has 0 bridgehead atoms. The van der Waals surface area contributed by atoms with E-state index >= 15 is 0 Å². The van der Waals surface area contributed by atoms with E-state index in [9.17, 15) is 8.42 Å². The second-order valence-electron chi connectivity index (χ2n) is 5.03. The first-order valence-electron chi connectivity index (χ1n) is 6.54. The number of rotatable bonds is 4. The highest BCUT2D eigenvalue weighted by atomic mass is 32.2. The average Bonchev–Trinajstić information content (AvgIpc) is 3.07. The molecular formula is C12H18N2O3S2. The molecule has 106 valence electrons. The molecule has 3 rings (SSSR count). The number of hydrogen-bond donors (Lipinski definition) is 1. The van der Waals surface area contributed by atoms with Gasteiger partial charge in [0.1, 0.15) is 4.21 Å². The molecule has 1 N–H and O–H groups in total. The van der Waals surface area contributed by atoms with Crippen LogP contribution >= 0.6 is 11.3 Å². The maximum atomic E-state index is 12.0. The van der Waals surface area contributed by atoms with Crippen molar-refractivity contribution in [2.24, 2.45) is 0 Å². The predicted octanol–water partition coefficient (Wildman–Crippen LogP) is 0.890. The Morgan fingerprint density at radius 2 is 2.42 bits per heavy atom. The van der Waals surface area contributed by atoms with Crippen LogP contribution < -0.4 is 4.72 Å². The lowest BCUT2D eigenvalue weighted by Gasteiger charge is -2.35. The topological polar surface area (TPSA) is 58.6 Å². The van der Waals surface area contributed by atoms with E-state index in [1.165, 1.54) is 24.2 Å². The van der Waals surface area contributed by atoms with Crippen LogP contribution in [0.2, 0.25) is 0 Å². The van der Waals surface area contributed by atoms with Crippen LogP contribution in [0.5, 0.6) is 0 Å². The molecular weight excluding hydrogens is 284 g/mol. The second-order valence-corrected chi connectivity index (χ2v) is 7.97.